The highest BCUT2D eigenvalue weighted by atomic mass is 28.4. The normalized spacial score (nSPS) is 15.6. The Morgan fingerprint density at radius 3 is 1.23 bits per heavy atom. The Kier molecular flexibility index (Phi) is 37.7. The molecular formula is C63H99FN12O25Si. The lowest BCUT2D eigenvalue weighted by Gasteiger charge is -2.44. The number of hydrogen-bond acceptors (Lipinski definition) is 20. The smallest absolute Gasteiger partial charge is 0.326 e. The third-order valence-electron chi connectivity index (χ3n) is 16.6. The van der Waals surface area contributed by atoms with Crippen molar-refractivity contribution in [3.63, 3.8) is 0 Å². The lowest BCUT2D eigenvalue weighted by molar-refractivity contribution is -0.145. The summed E-state index contributed by atoms with van der Waals surface area (Å²) in [7, 11) is -3.81. The summed E-state index contributed by atoms with van der Waals surface area (Å²) in [6.45, 7) is 8.55. The van der Waals surface area contributed by atoms with Gasteiger partial charge in [-0.05, 0) is 78.8 Å². The molecule has 0 radical (unpaired) electrons. The highest BCUT2D eigenvalue weighted by Gasteiger charge is 2.56. The quantitative estimate of drug-likeness (QED) is 0.0197. The average molecular weight is 1470 g/mol. The largest absolute Gasteiger partial charge is 0.481 e. The van der Waals surface area contributed by atoms with E-state index in [2.05, 4.69) is 31.9 Å². The molecule has 0 spiro atoms. The molecule has 1 fully saturated rings. The van der Waals surface area contributed by atoms with Gasteiger partial charge in [-0.2, -0.15) is 0 Å². The molecule has 0 bridgehead atoms. The van der Waals surface area contributed by atoms with Gasteiger partial charge >= 0.3 is 59.8 Å². The second-order valence-corrected chi connectivity index (χ2v) is 31.5. The van der Waals surface area contributed by atoms with Crippen molar-refractivity contribution in [1.82, 2.24) is 62.1 Å². The maximum absolute atomic E-state index is 17.2. The standard InChI is InChI=1S/C63H99FN12O25Si/c1-62(2,3)102(64,63(4,5)6)39-14-12-38(13-15-39)54(89)70-44(34-67-48(79)20-18-45(60(99)100)76-32-30-74(36-52(85)86)28-26-73(35-51(83)84)27-29-75(31-33-76)37-53(87)88)55(90)69-41(57(93)94)10-7-8-24-65-46(77)21-22-47(78)66-25-9-11-40(56(91)92)68-49(80)19-16-42(58(95)96)71-61(101)72-43(59(97)98)17-23-50(81)82/h12-15,40-45H,7-11,16-37H2,1-6H3,(H,65,77)(H,66,78)(H,67,79)(H,68,80)(H,69,90)(H,70,89)(H,81,82)(H,83,84)(H,85,86)(H,87,88)(H,91,92)(H,93,94)(H,95,96)(H,97,98)(H,99,100)(H2,71,72,101)/t40-,41+,42-,43-,44+,45+/m0/s1. The molecule has 39 heteroatoms. The van der Waals surface area contributed by atoms with Gasteiger partial charge in [-0.3, -0.25) is 72.3 Å². The topological polar surface area (TPSA) is 564 Å². The highest BCUT2D eigenvalue weighted by Crippen LogP contribution is 2.51. The maximum Gasteiger partial charge on any atom is 0.326 e. The summed E-state index contributed by atoms with van der Waals surface area (Å²) in [4.78, 5) is 204. The van der Waals surface area contributed by atoms with Gasteiger partial charge in [-0.1, -0.05) is 53.7 Å². The third kappa shape index (κ3) is 32.9. The van der Waals surface area contributed by atoms with Gasteiger partial charge in [0.1, 0.15) is 36.3 Å². The zero-order chi connectivity index (χ0) is 77.2. The Labute approximate surface area is 588 Å². The number of carboxylic acid groups (broad SMARTS) is 9. The number of halogens is 1. The Bertz CT molecular complexity index is 3050. The number of nitrogens with one attached hydrogen (secondary N) is 8. The molecule has 1 aliphatic heterocycles. The van der Waals surface area contributed by atoms with Gasteiger partial charge in [0, 0.05) is 110 Å². The van der Waals surface area contributed by atoms with Crippen molar-refractivity contribution in [2.45, 2.75) is 171 Å². The van der Waals surface area contributed by atoms with Crippen LogP contribution in [0.25, 0.3) is 0 Å². The first kappa shape index (κ1) is 88.6. The van der Waals surface area contributed by atoms with Crippen molar-refractivity contribution in [1.29, 1.82) is 0 Å². The first-order valence-electron chi connectivity index (χ1n) is 33.0. The number of rotatable bonds is 43. The van der Waals surface area contributed by atoms with Crippen LogP contribution in [0.2, 0.25) is 10.1 Å². The number of unbranched alkanes of at least 4 members (excludes halogenated alkanes) is 1. The second kappa shape index (κ2) is 43.4. The maximum atomic E-state index is 17.2. The molecule has 572 valence electrons. The van der Waals surface area contributed by atoms with Crippen LogP contribution in [0.15, 0.2) is 24.3 Å². The minimum atomic E-state index is -3.81. The van der Waals surface area contributed by atoms with Crippen LogP contribution in [-0.2, 0) is 67.1 Å². The molecule has 1 aromatic carbocycles. The first-order chi connectivity index (χ1) is 47.5. The van der Waals surface area contributed by atoms with E-state index in [1.807, 2.05) is 10.6 Å². The van der Waals surface area contributed by atoms with Crippen molar-refractivity contribution in [2.24, 2.45) is 0 Å². The summed E-state index contributed by atoms with van der Waals surface area (Å²) >= 11 is 0. The molecule has 2 rings (SSSR count). The van der Waals surface area contributed by atoms with E-state index >= 15 is 4.11 Å². The zero-order valence-electron chi connectivity index (χ0n) is 58.1. The molecule has 102 heavy (non-hydrogen) atoms. The predicted molar refractivity (Wildman–Crippen MR) is 359 cm³/mol. The van der Waals surface area contributed by atoms with E-state index in [0.717, 1.165) is 0 Å². The number of carboxylic acids is 9. The SMILES string of the molecule is CC(C)(C)[Si](F)(c1ccc(C(=O)N[C@H](CNC(=O)CC[C@H](C(=O)O)N2CCN(CC(=O)O)CCN(CC(=O)O)CCN(CC(=O)O)CC2)C(=O)N[C@H](CCCCNC(=O)CCC(=O)NCCC[C@H](NC(=O)CC[C@H](NC(=O)N[C@@H](CCC(=O)O)C(=O)O)C(=O)O)C(=O)O)C(=O)O)cc1)C(C)(C)C. The van der Waals surface area contributed by atoms with Crippen LogP contribution in [-0.4, -0.2) is 297 Å². The molecule has 37 nitrogen and oxygen atoms in total. The van der Waals surface area contributed by atoms with Gasteiger partial charge in [0.2, 0.25) is 29.5 Å². The number of carbonyl (C=O) groups excluding carboxylic acids is 7. The molecular weight excluding hydrogens is 1370 g/mol. The Morgan fingerprint density at radius 1 is 0.412 bits per heavy atom. The average Bonchev–Trinajstić information content (AvgIpc) is 0.748. The second-order valence-electron chi connectivity index (χ2n) is 26.6. The summed E-state index contributed by atoms with van der Waals surface area (Å²) in [5.41, 5.74) is -0.0342. The molecule has 0 aliphatic carbocycles. The van der Waals surface area contributed by atoms with Gasteiger partial charge in [0.15, 0.2) is 0 Å². The lowest BCUT2D eigenvalue weighted by Crippen LogP contribution is -2.58. The molecule has 0 aromatic heterocycles. The van der Waals surface area contributed by atoms with E-state index in [1.54, 1.807) is 41.5 Å². The first-order valence-corrected chi connectivity index (χ1v) is 34.9. The summed E-state index contributed by atoms with van der Waals surface area (Å²) in [6, 6.07) is -5.23. The molecule has 0 unspecified atom stereocenters. The molecule has 1 saturated heterocycles. The predicted octanol–water partition coefficient (Wildman–Crippen LogP) is -1.72. The highest BCUT2D eigenvalue weighted by molar-refractivity contribution is 6.90. The van der Waals surface area contributed by atoms with Gasteiger partial charge in [-0.25, -0.2) is 24.0 Å². The van der Waals surface area contributed by atoms with E-state index < -0.39 is 208 Å². The fourth-order valence-electron chi connectivity index (χ4n) is 11.3. The number of urea groups is 1. The molecule has 8 amide bonds. The fourth-order valence-corrected chi connectivity index (χ4v) is 16.0. The van der Waals surface area contributed by atoms with Crippen LogP contribution >= 0.6 is 0 Å². The molecule has 6 atom stereocenters. The van der Waals surface area contributed by atoms with Gasteiger partial charge in [-0.15, -0.1) is 0 Å². The molecule has 0 saturated carbocycles. The van der Waals surface area contributed by atoms with Crippen LogP contribution in [0.4, 0.5) is 8.90 Å². The van der Waals surface area contributed by atoms with E-state index in [0.29, 0.717) is 5.19 Å². The van der Waals surface area contributed by atoms with Gasteiger partial charge in [0.05, 0.1) is 19.6 Å². The number of amides is 8. The van der Waals surface area contributed by atoms with Crippen molar-refractivity contribution in [2.75, 3.05) is 91.6 Å². The van der Waals surface area contributed by atoms with Crippen LogP contribution in [0.5, 0.6) is 0 Å². The molecule has 1 heterocycles. The number of hydrogen-bond donors (Lipinski definition) is 17. The summed E-state index contributed by atoms with van der Waals surface area (Å²) in [6.07, 6.45) is -4.07. The van der Waals surface area contributed by atoms with Crippen molar-refractivity contribution < 1.29 is 127 Å². The van der Waals surface area contributed by atoms with Crippen molar-refractivity contribution >= 4 is 109 Å². The monoisotopic (exact) mass is 1470 g/mol. The number of aliphatic carboxylic acids is 9. The zero-order valence-corrected chi connectivity index (χ0v) is 59.1. The van der Waals surface area contributed by atoms with Gasteiger partial charge < -0.3 is 92.6 Å². The Balaban J connectivity index is 2.13. The number of nitrogens with zero attached hydrogens (tertiary/aromatic N) is 4. The lowest BCUT2D eigenvalue weighted by atomic mass is 10.1. The molecule has 1 aromatic rings. The minimum absolute atomic E-state index is 0.000572. The van der Waals surface area contributed by atoms with Crippen LogP contribution in [0.3, 0.4) is 0 Å². The minimum Gasteiger partial charge on any atom is -0.481 e. The molecule has 17 N–H and O–H groups in total. The number of carbonyl (C=O) groups is 16. The van der Waals surface area contributed by atoms with E-state index in [9.17, 15) is 118 Å². The third-order valence-corrected chi connectivity index (χ3v) is 21.9. The summed E-state index contributed by atoms with van der Waals surface area (Å²) in [5, 5.41) is 104. The number of benzene rings is 1. The fraction of sp³-hybridized carbons (Fsp3) is 0.651. The van der Waals surface area contributed by atoms with E-state index in [-0.39, 0.29) is 122 Å². The van der Waals surface area contributed by atoms with Crippen molar-refractivity contribution in [3.05, 3.63) is 29.8 Å². The Morgan fingerprint density at radius 2 is 0.804 bits per heavy atom. The van der Waals surface area contributed by atoms with Gasteiger partial charge in [0.25, 0.3) is 14.3 Å². The van der Waals surface area contributed by atoms with Crippen LogP contribution < -0.4 is 47.7 Å². The summed E-state index contributed by atoms with van der Waals surface area (Å²) < 4.78 is 17.2. The van der Waals surface area contributed by atoms with E-state index in [1.165, 1.54) is 43.9 Å². The summed E-state index contributed by atoms with van der Waals surface area (Å²) in [5.74, 6) is -17.4. The van der Waals surface area contributed by atoms with Crippen molar-refractivity contribution in [3.8, 4) is 0 Å². The van der Waals surface area contributed by atoms with Crippen LogP contribution in [0, 0.1) is 0 Å². The van der Waals surface area contributed by atoms with E-state index in [4.69, 9.17) is 5.11 Å². The van der Waals surface area contributed by atoms with Crippen LogP contribution in [0.1, 0.15) is 135 Å². The molecule has 1 aliphatic rings. The Hall–Kier alpha value is -9.47.